The first-order valence-electron chi connectivity index (χ1n) is 15.9. The fourth-order valence-corrected chi connectivity index (χ4v) is 18.6. The summed E-state index contributed by atoms with van der Waals surface area (Å²) in [6, 6.07) is 32.3. The Labute approximate surface area is 259 Å². The Morgan fingerprint density at radius 1 is 0.463 bits per heavy atom. The zero-order valence-corrected chi connectivity index (χ0v) is 32.8. The Hall–Kier alpha value is -0.382. The van der Waals surface area contributed by atoms with Crippen molar-refractivity contribution < 1.29 is 13.3 Å². The van der Waals surface area contributed by atoms with E-state index in [9.17, 15) is 0 Å². The average molecular weight is 649 g/mol. The van der Waals surface area contributed by atoms with Crippen molar-refractivity contribution in [2.45, 2.75) is 107 Å². The highest BCUT2D eigenvalue weighted by Gasteiger charge is 2.35. The molecule has 2 aromatic carbocycles. The molecule has 2 rings (SSSR count). The van der Waals surface area contributed by atoms with Gasteiger partial charge < -0.3 is 13.3 Å². The average Bonchev–Trinajstić information content (AvgIpc) is 2.96. The van der Waals surface area contributed by atoms with E-state index < -0.39 is 33.0 Å². The van der Waals surface area contributed by atoms with Gasteiger partial charge in [0.1, 0.15) is 0 Å². The van der Waals surface area contributed by atoms with Gasteiger partial charge in [-0.2, -0.15) is 0 Å². The third-order valence-electron chi connectivity index (χ3n) is 9.34. The summed E-state index contributed by atoms with van der Waals surface area (Å²) in [7, 11) is -0.667. The molecule has 0 aliphatic heterocycles. The molecule has 0 aromatic heterocycles. The minimum atomic E-state index is -1.55. The molecule has 232 valence electrons. The first-order valence-corrected chi connectivity index (χ1v) is 29.6. The van der Waals surface area contributed by atoms with E-state index in [-0.39, 0.29) is 7.92 Å². The van der Waals surface area contributed by atoms with E-state index in [1.165, 1.54) is 84.8 Å². The van der Waals surface area contributed by atoms with Gasteiger partial charge in [0, 0.05) is 21.3 Å². The summed E-state index contributed by atoms with van der Waals surface area (Å²) in [5, 5.41) is 3.05. The summed E-state index contributed by atoms with van der Waals surface area (Å²) in [4.78, 5) is 0. The zero-order valence-electron chi connectivity index (χ0n) is 27.9. The Bertz CT molecular complexity index is 878. The van der Waals surface area contributed by atoms with Gasteiger partial charge in [-0.15, -0.1) is 0 Å². The van der Waals surface area contributed by atoms with Crippen molar-refractivity contribution in [2.24, 2.45) is 0 Å². The van der Waals surface area contributed by atoms with Crippen LogP contribution in [0.15, 0.2) is 60.7 Å². The van der Waals surface area contributed by atoms with E-state index in [2.05, 4.69) is 99.9 Å². The normalized spacial score (nSPS) is 13.2. The van der Waals surface area contributed by atoms with Crippen LogP contribution in [-0.2, 0) is 13.3 Å². The summed E-state index contributed by atoms with van der Waals surface area (Å²) >= 11 is 0. The first-order chi connectivity index (χ1) is 19.4. The number of rotatable bonds is 21. The molecule has 0 atom stereocenters. The molecule has 0 fully saturated rings. The number of benzene rings is 2. The molecule has 0 amide bonds. The maximum atomic E-state index is 5.98. The van der Waals surface area contributed by atoms with Crippen molar-refractivity contribution in [1.29, 1.82) is 0 Å². The van der Waals surface area contributed by atoms with Crippen molar-refractivity contribution in [3.05, 3.63) is 60.7 Å². The van der Waals surface area contributed by atoms with Gasteiger partial charge in [0.25, 0.3) is 0 Å². The van der Waals surface area contributed by atoms with Gasteiger partial charge in [-0.3, -0.25) is 0 Å². The Kier molecular flexibility index (Phi) is 16.0. The molecule has 8 heteroatoms. The van der Waals surface area contributed by atoms with Gasteiger partial charge in [0.2, 0.25) is 0 Å². The Morgan fingerprint density at radius 2 is 0.780 bits per heavy atom. The molecule has 0 saturated carbocycles. The molecular formula is C33H61O3PSi4. The first kappa shape index (κ1) is 36.8. The number of hydrogen-bond acceptors (Lipinski definition) is 3. The second-order valence-electron chi connectivity index (χ2n) is 13.9. The van der Waals surface area contributed by atoms with Crippen LogP contribution in [0.4, 0.5) is 0 Å². The van der Waals surface area contributed by atoms with Gasteiger partial charge in [-0.05, 0) is 82.1 Å². The highest BCUT2D eigenvalue weighted by atomic mass is 31.1. The van der Waals surface area contributed by atoms with Gasteiger partial charge in [-0.1, -0.05) is 111 Å². The van der Waals surface area contributed by atoms with Gasteiger partial charge in [0.05, 0.1) is 8.07 Å². The summed E-state index contributed by atoms with van der Waals surface area (Å²) in [6.07, 6.45) is 6.70. The van der Waals surface area contributed by atoms with E-state index in [1.54, 1.807) is 0 Å². The minimum Gasteiger partial charge on any atom is -0.420 e. The third kappa shape index (κ3) is 13.9. The zero-order chi connectivity index (χ0) is 30.4. The SMILES string of the molecule is CO[Si](C)(C)CCC[Si](CCCP(c1ccccc1)c1ccccc1)(CCC[Si](C)(C)OC)CCC[Si](C)(C)OC. The van der Waals surface area contributed by atoms with Crippen LogP contribution in [0.2, 0.25) is 81.6 Å². The van der Waals surface area contributed by atoms with Crippen LogP contribution in [-0.4, -0.2) is 60.5 Å². The number of hydrogen-bond donors (Lipinski definition) is 0. The summed E-state index contributed by atoms with van der Waals surface area (Å²) < 4.78 is 17.9. The standard InChI is InChI=1S/C33H61O3PSi4/c1-34-38(4,5)25-17-29-41(30-18-26-39(6,7)35-2,31-19-27-40(8,9)36-3)28-16-24-37(32-20-12-10-13-21-32)33-22-14-11-15-23-33/h10-15,20-23H,16-19,24-31H2,1-9H3. The smallest absolute Gasteiger partial charge is 0.186 e. The molecular weight excluding hydrogens is 588 g/mol. The van der Waals surface area contributed by atoms with Crippen LogP contribution in [0, 0.1) is 0 Å². The van der Waals surface area contributed by atoms with Crippen molar-refractivity contribution in [1.82, 2.24) is 0 Å². The van der Waals surface area contributed by atoms with E-state index in [0.717, 1.165) is 0 Å². The molecule has 0 unspecified atom stereocenters. The summed E-state index contributed by atoms with van der Waals surface area (Å²) in [5.41, 5.74) is 0. The molecule has 0 aliphatic rings. The monoisotopic (exact) mass is 648 g/mol. The Morgan fingerprint density at radius 3 is 1.10 bits per heavy atom. The van der Waals surface area contributed by atoms with E-state index in [0.29, 0.717) is 0 Å². The predicted octanol–water partition coefficient (Wildman–Crippen LogP) is 9.68. The van der Waals surface area contributed by atoms with Gasteiger partial charge in [-0.25, -0.2) is 0 Å². The van der Waals surface area contributed by atoms with E-state index in [4.69, 9.17) is 13.3 Å². The lowest BCUT2D eigenvalue weighted by Gasteiger charge is -2.35. The molecule has 0 aliphatic carbocycles. The predicted molar refractivity (Wildman–Crippen MR) is 195 cm³/mol. The van der Waals surface area contributed by atoms with Crippen molar-refractivity contribution in [3.63, 3.8) is 0 Å². The van der Waals surface area contributed by atoms with E-state index in [1.807, 2.05) is 21.3 Å². The van der Waals surface area contributed by atoms with Crippen LogP contribution < -0.4 is 10.6 Å². The van der Waals surface area contributed by atoms with Crippen molar-refractivity contribution in [2.75, 3.05) is 27.5 Å². The second kappa shape index (κ2) is 17.8. The molecule has 0 N–H and O–H groups in total. The molecule has 0 radical (unpaired) electrons. The molecule has 41 heavy (non-hydrogen) atoms. The fraction of sp³-hybridized carbons (Fsp3) is 0.636. The quantitative estimate of drug-likeness (QED) is 0.0997. The van der Waals surface area contributed by atoms with E-state index >= 15 is 0 Å². The lowest BCUT2D eigenvalue weighted by atomic mass is 10.4. The molecule has 0 bridgehead atoms. The molecule has 3 nitrogen and oxygen atoms in total. The molecule has 0 spiro atoms. The molecule has 0 saturated heterocycles. The van der Waals surface area contributed by atoms with Crippen LogP contribution >= 0.6 is 7.92 Å². The summed E-state index contributed by atoms with van der Waals surface area (Å²) in [6.45, 7) is 14.3. The van der Waals surface area contributed by atoms with Crippen LogP contribution in [0.25, 0.3) is 0 Å². The summed E-state index contributed by atoms with van der Waals surface area (Å²) in [5.74, 6) is 0. The lowest BCUT2D eigenvalue weighted by Crippen LogP contribution is -2.38. The maximum absolute atomic E-state index is 5.98. The van der Waals surface area contributed by atoms with Crippen LogP contribution in [0.5, 0.6) is 0 Å². The topological polar surface area (TPSA) is 27.7 Å². The largest absolute Gasteiger partial charge is 0.420 e. The fourth-order valence-electron chi connectivity index (χ4n) is 5.96. The second-order valence-corrected chi connectivity index (χ2v) is 34.5. The third-order valence-corrected chi connectivity index (χ3v) is 25.6. The highest BCUT2D eigenvalue weighted by molar-refractivity contribution is 7.73. The van der Waals surface area contributed by atoms with Crippen molar-refractivity contribution >= 4 is 51.6 Å². The minimum absolute atomic E-state index is 0.323. The lowest BCUT2D eigenvalue weighted by molar-refractivity contribution is 0.402. The maximum Gasteiger partial charge on any atom is 0.186 e. The highest BCUT2D eigenvalue weighted by Crippen LogP contribution is 2.40. The van der Waals surface area contributed by atoms with Gasteiger partial charge >= 0.3 is 0 Å². The van der Waals surface area contributed by atoms with Gasteiger partial charge in [0.15, 0.2) is 25.0 Å². The Balaban J connectivity index is 2.28. The molecule has 2 aromatic rings. The van der Waals surface area contributed by atoms with Crippen LogP contribution in [0.1, 0.15) is 25.7 Å². The van der Waals surface area contributed by atoms with Crippen LogP contribution in [0.3, 0.4) is 0 Å². The molecule has 0 heterocycles. The van der Waals surface area contributed by atoms with Crippen molar-refractivity contribution in [3.8, 4) is 0 Å².